The summed E-state index contributed by atoms with van der Waals surface area (Å²) in [6.07, 6.45) is 1.14. The van der Waals surface area contributed by atoms with Crippen molar-refractivity contribution in [3.63, 3.8) is 0 Å². The van der Waals surface area contributed by atoms with Crippen molar-refractivity contribution in [3.8, 4) is 16.9 Å². The highest BCUT2D eigenvalue weighted by atomic mass is 19.2. The second kappa shape index (κ2) is 5.01. The molecule has 0 atom stereocenters. The van der Waals surface area contributed by atoms with E-state index >= 15 is 0 Å². The molecule has 98 valence electrons. The van der Waals surface area contributed by atoms with Crippen molar-refractivity contribution < 1.29 is 23.4 Å². The van der Waals surface area contributed by atoms with Crippen LogP contribution in [0.25, 0.3) is 11.1 Å². The quantitative estimate of drug-likeness (QED) is 0.927. The molecular weight excluding hydrogens is 256 g/mol. The fourth-order valence-electron chi connectivity index (χ4n) is 1.64. The molecule has 0 fully saturated rings. The first-order chi connectivity index (χ1) is 9.04. The van der Waals surface area contributed by atoms with Crippen LogP contribution in [0.3, 0.4) is 0 Å². The predicted molar refractivity (Wildman–Crippen MR) is 63.1 cm³/mol. The van der Waals surface area contributed by atoms with Crippen LogP contribution in [0.2, 0.25) is 0 Å². The molecule has 2 rings (SSSR count). The van der Waals surface area contributed by atoms with E-state index in [1.165, 1.54) is 19.2 Å². The zero-order valence-electron chi connectivity index (χ0n) is 9.85. The van der Waals surface area contributed by atoms with Gasteiger partial charge in [0.15, 0.2) is 17.3 Å². The number of methoxy groups -OCH3 is 1. The van der Waals surface area contributed by atoms with E-state index in [9.17, 15) is 13.6 Å². The second-order valence-electron chi connectivity index (χ2n) is 3.68. The predicted octanol–water partition coefficient (Wildman–Crippen LogP) is 2.73. The first-order valence-electron chi connectivity index (χ1n) is 5.26. The number of carboxylic acid groups (broad SMARTS) is 1. The molecule has 0 aliphatic rings. The smallest absolute Gasteiger partial charge is 0.354 e. The van der Waals surface area contributed by atoms with Crippen molar-refractivity contribution in [2.75, 3.05) is 7.11 Å². The Kier molecular flexibility index (Phi) is 3.41. The number of hydrogen-bond acceptors (Lipinski definition) is 3. The Morgan fingerprint density at radius 2 is 2.05 bits per heavy atom. The normalized spacial score (nSPS) is 10.3. The molecule has 0 unspecified atom stereocenters. The first-order valence-corrected chi connectivity index (χ1v) is 5.26. The summed E-state index contributed by atoms with van der Waals surface area (Å²) >= 11 is 0. The van der Waals surface area contributed by atoms with Crippen molar-refractivity contribution in [3.05, 3.63) is 47.8 Å². The monoisotopic (exact) mass is 265 g/mol. The summed E-state index contributed by atoms with van der Waals surface area (Å²) in [5.74, 6) is -3.16. The molecule has 1 heterocycles. The lowest BCUT2D eigenvalue weighted by molar-refractivity contribution is 0.0690. The Morgan fingerprint density at radius 1 is 1.32 bits per heavy atom. The van der Waals surface area contributed by atoms with Crippen LogP contribution in [-0.4, -0.2) is 23.2 Å². The molecular formula is C13H9F2NO3. The number of hydrogen-bond donors (Lipinski definition) is 1. The van der Waals surface area contributed by atoms with Gasteiger partial charge < -0.3 is 9.84 Å². The van der Waals surface area contributed by atoms with Gasteiger partial charge >= 0.3 is 5.97 Å². The van der Waals surface area contributed by atoms with Crippen molar-refractivity contribution in [2.24, 2.45) is 0 Å². The van der Waals surface area contributed by atoms with Gasteiger partial charge in [0, 0.05) is 23.4 Å². The Bertz CT molecular complexity index is 644. The van der Waals surface area contributed by atoms with Gasteiger partial charge in [-0.3, -0.25) is 0 Å². The lowest BCUT2D eigenvalue weighted by atomic mass is 10.1. The average molecular weight is 265 g/mol. The zero-order chi connectivity index (χ0) is 14.0. The van der Waals surface area contributed by atoms with Crippen LogP contribution in [-0.2, 0) is 0 Å². The molecule has 0 saturated heterocycles. The lowest BCUT2D eigenvalue weighted by Gasteiger charge is -2.10. The molecule has 6 heteroatoms. The zero-order valence-corrected chi connectivity index (χ0v) is 9.85. The molecule has 0 aliphatic carbocycles. The number of carbonyl (C=O) groups is 1. The van der Waals surface area contributed by atoms with Gasteiger partial charge in [0.1, 0.15) is 5.75 Å². The summed E-state index contributed by atoms with van der Waals surface area (Å²) in [6, 6.07) is 4.85. The number of pyridine rings is 1. The third-order valence-electron chi connectivity index (χ3n) is 2.55. The molecule has 1 aromatic carbocycles. The van der Waals surface area contributed by atoms with E-state index in [2.05, 4.69) is 4.98 Å². The minimum absolute atomic E-state index is 0.0405. The van der Waals surface area contributed by atoms with E-state index < -0.39 is 17.6 Å². The highest BCUT2D eigenvalue weighted by Gasteiger charge is 2.16. The number of halogens is 2. The number of nitrogens with zero attached hydrogens (tertiary/aromatic N) is 1. The van der Waals surface area contributed by atoms with Gasteiger partial charge in [-0.1, -0.05) is 12.1 Å². The Hall–Kier alpha value is -2.50. The molecule has 1 aromatic heterocycles. The Labute approximate surface area is 107 Å². The van der Waals surface area contributed by atoms with E-state index in [1.807, 2.05) is 0 Å². The third kappa shape index (κ3) is 2.37. The largest absolute Gasteiger partial charge is 0.496 e. The average Bonchev–Trinajstić information content (AvgIpc) is 2.41. The topological polar surface area (TPSA) is 59.4 Å². The fraction of sp³-hybridized carbons (Fsp3) is 0.0769. The van der Waals surface area contributed by atoms with Crippen LogP contribution in [0.15, 0.2) is 30.5 Å². The fourth-order valence-corrected chi connectivity index (χ4v) is 1.64. The summed E-state index contributed by atoms with van der Waals surface area (Å²) in [6.45, 7) is 0. The number of rotatable bonds is 3. The SMILES string of the molecule is COc1cc(C(=O)O)ncc1-c1cccc(F)c1F. The molecule has 0 spiro atoms. The maximum Gasteiger partial charge on any atom is 0.354 e. The maximum absolute atomic E-state index is 13.7. The minimum atomic E-state index is -1.23. The van der Waals surface area contributed by atoms with Crippen molar-refractivity contribution in [2.45, 2.75) is 0 Å². The minimum Gasteiger partial charge on any atom is -0.496 e. The van der Waals surface area contributed by atoms with E-state index in [0.29, 0.717) is 0 Å². The van der Waals surface area contributed by atoms with Crippen LogP contribution < -0.4 is 4.74 Å². The van der Waals surface area contributed by atoms with Crippen LogP contribution >= 0.6 is 0 Å². The van der Waals surface area contributed by atoms with Crippen LogP contribution in [0, 0.1) is 11.6 Å². The summed E-state index contributed by atoms with van der Waals surface area (Å²) in [4.78, 5) is 14.5. The van der Waals surface area contributed by atoms with Crippen LogP contribution in [0.1, 0.15) is 10.5 Å². The molecule has 0 amide bonds. The third-order valence-corrected chi connectivity index (χ3v) is 2.55. The van der Waals surface area contributed by atoms with Crippen molar-refractivity contribution >= 4 is 5.97 Å². The maximum atomic E-state index is 13.7. The number of carboxylic acids is 1. The van der Waals surface area contributed by atoms with Gasteiger partial charge in [-0.25, -0.2) is 18.6 Å². The van der Waals surface area contributed by atoms with Crippen LogP contribution in [0.5, 0.6) is 5.75 Å². The number of aromatic carboxylic acids is 1. The van der Waals surface area contributed by atoms with Gasteiger partial charge in [0.05, 0.1) is 7.11 Å². The van der Waals surface area contributed by atoms with Gasteiger partial charge in [0.2, 0.25) is 0 Å². The van der Waals surface area contributed by atoms with Crippen molar-refractivity contribution in [1.29, 1.82) is 0 Å². The molecule has 0 saturated carbocycles. The molecule has 4 nitrogen and oxygen atoms in total. The highest BCUT2D eigenvalue weighted by molar-refractivity contribution is 5.87. The summed E-state index contributed by atoms with van der Waals surface area (Å²) in [5.41, 5.74) is -0.0943. The molecule has 0 bridgehead atoms. The number of benzene rings is 1. The van der Waals surface area contributed by atoms with Gasteiger partial charge in [0.25, 0.3) is 0 Å². The first kappa shape index (κ1) is 12.9. The van der Waals surface area contributed by atoms with Gasteiger partial charge in [-0.05, 0) is 6.07 Å². The summed E-state index contributed by atoms with van der Waals surface area (Å²) in [7, 11) is 1.31. The molecule has 0 aliphatic heterocycles. The molecule has 2 aromatic rings. The number of aromatic nitrogens is 1. The van der Waals surface area contributed by atoms with Crippen molar-refractivity contribution in [1.82, 2.24) is 4.98 Å². The summed E-state index contributed by atoms with van der Waals surface area (Å²) < 4.78 is 31.9. The van der Waals surface area contributed by atoms with E-state index in [1.54, 1.807) is 0 Å². The van der Waals surface area contributed by atoms with E-state index in [-0.39, 0.29) is 22.6 Å². The molecule has 1 N–H and O–H groups in total. The second-order valence-corrected chi connectivity index (χ2v) is 3.68. The summed E-state index contributed by atoms with van der Waals surface area (Å²) in [5, 5.41) is 8.81. The van der Waals surface area contributed by atoms with E-state index in [4.69, 9.17) is 9.84 Å². The Balaban J connectivity index is 2.62. The standard InChI is InChI=1S/C13H9F2NO3/c1-19-11-5-10(13(17)18)16-6-8(11)7-3-2-4-9(14)12(7)15/h2-6H,1H3,(H,17,18). The van der Waals surface area contributed by atoms with Gasteiger partial charge in [-0.15, -0.1) is 0 Å². The highest BCUT2D eigenvalue weighted by Crippen LogP contribution is 2.32. The Morgan fingerprint density at radius 3 is 2.68 bits per heavy atom. The van der Waals surface area contributed by atoms with E-state index in [0.717, 1.165) is 18.3 Å². The molecule has 19 heavy (non-hydrogen) atoms. The lowest BCUT2D eigenvalue weighted by Crippen LogP contribution is -2.02. The van der Waals surface area contributed by atoms with Crippen LogP contribution in [0.4, 0.5) is 8.78 Å². The number of ether oxygens (including phenoxy) is 1. The molecule has 0 radical (unpaired) electrons. The van der Waals surface area contributed by atoms with Gasteiger partial charge in [-0.2, -0.15) is 0 Å².